The maximum atomic E-state index is 13.7. The molecular weight excluding hydrogens is 456 g/mol. The Hall–Kier alpha value is -2.21. The van der Waals surface area contributed by atoms with E-state index in [4.69, 9.17) is 25.8 Å². The third kappa shape index (κ3) is 6.68. The van der Waals surface area contributed by atoms with Crippen molar-refractivity contribution in [2.24, 2.45) is 11.8 Å². The summed E-state index contributed by atoms with van der Waals surface area (Å²) in [5.74, 6) is -1.05. The van der Waals surface area contributed by atoms with Gasteiger partial charge in [-0.25, -0.2) is 0 Å². The molecule has 0 saturated heterocycles. The molecular formula is C27H39ClO6. The molecule has 6 nitrogen and oxygen atoms in total. The number of carbonyl (C=O) groups is 2. The van der Waals surface area contributed by atoms with Crippen LogP contribution < -0.4 is 9.47 Å². The van der Waals surface area contributed by atoms with Crippen molar-refractivity contribution in [1.29, 1.82) is 0 Å². The summed E-state index contributed by atoms with van der Waals surface area (Å²) < 4.78 is 16.6. The number of allylic oxidation sites excluding steroid dienone is 2. The molecule has 0 aromatic heterocycles. The van der Waals surface area contributed by atoms with E-state index in [0.717, 1.165) is 19.3 Å². The van der Waals surface area contributed by atoms with E-state index in [9.17, 15) is 14.7 Å². The molecule has 0 amide bonds. The Morgan fingerprint density at radius 1 is 1.06 bits per heavy atom. The van der Waals surface area contributed by atoms with Gasteiger partial charge in [-0.2, -0.15) is 0 Å². The molecule has 7 heteroatoms. The van der Waals surface area contributed by atoms with Gasteiger partial charge in [0.15, 0.2) is 17.3 Å². The zero-order valence-electron chi connectivity index (χ0n) is 21.2. The molecule has 0 fully saturated rings. The molecule has 1 aromatic rings. The Morgan fingerprint density at radius 2 is 1.65 bits per heavy atom. The standard InChI is InChI=1S/C27H39ClO6/c1-6-7-8-9-10-11-12-13-14-34-27-18(3)19(29)15-17(2)22(27)25(30)23-20(32-4)16-21(33-5)24(28)26(23)31/h16-17,22,31H,6-15H2,1-5H3. The Balaban J connectivity index is 2.19. The van der Waals surface area contributed by atoms with E-state index < -0.39 is 11.7 Å². The Morgan fingerprint density at radius 3 is 2.24 bits per heavy atom. The van der Waals surface area contributed by atoms with E-state index in [1.165, 1.54) is 52.4 Å². The van der Waals surface area contributed by atoms with E-state index >= 15 is 0 Å². The fraction of sp³-hybridized carbons (Fsp3) is 0.630. The summed E-state index contributed by atoms with van der Waals surface area (Å²) in [5, 5.41) is 10.7. The number of hydrogen-bond donors (Lipinski definition) is 1. The highest BCUT2D eigenvalue weighted by Crippen LogP contribution is 2.45. The summed E-state index contributed by atoms with van der Waals surface area (Å²) in [5.41, 5.74) is 0.439. The Labute approximate surface area is 208 Å². The molecule has 0 bridgehead atoms. The first-order valence-electron chi connectivity index (χ1n) is 12.3. The van der Waals surface area contributed by atoms with Crippen molar-refractivity contribution in [1.82, 2.24) is 0 Å². The van der Waals surface area contributed by atoms with Gasteiger partial charge in [-0.15, -0.1) is 0 Å². The maximum Gasteiger partial charge on any atom is 0.181 e. The number of rotatable bonds is 14. The molecule has 2 rings (SSSR count). The van der Waals surface area contributed by atoms with E-state index in [1.54, 1.807) is 6.92 Å². The first-order valence-corrected chi connectivity index (χ1v) is 12.7. The number of benzene rings is 1. The highest BCUT2D eigenvalue weighted by Gasteiger charge is 2.41. The van der Waals surface area contributed by atoms with E-state index in [2.05, 4.69) is 6.92 Å². The van der Waals surface area contributed by atoms with Crippen molar-refractivity contribution in [2.45, 2.75) is 78.6 Å². The number of methoxy groups -OCH3 is 2. The van der Waals surface area contributed by atoms with Gasteiger partial charge in [0.05, 0.1) is 26.7 Å². The predicted molar refractivity (Wildman–Crippen MR) is 134 cm³/mol. The second kappa shape index (κ2) is 13.6. The molecule has 1 aliphatic rings. The minimum Gasteiger partial charge on any atom is -0.505 e. The third-order valence-corrected chi connectivity index (χ3v) is 6.91. The zero-order chi connectivity index (χ0) is 25.3. The van der Waals surface area contributed by atoms with E-state index in [-0.39, 0.29) is 46.0 Å². The number of hydrogen-bond acceptors (Lipinski definition) is 6. The van der Waals surface area contributed by atoms with Crippen molar-refractivity contribution in [3.8, 4) is 17.2 Å². The molecule has 1 aliphatic carbocycles. The normalized spacial score (nSPS) is 18.2. The molecule has 0 aliphatic heterocycles. The lowest BCUT2D eigenvalue weighted by Crippen LogP contribution is -2.33. The highest BCUT2D eigenvalue weighted by molar-refractivity contribution is 6.34. The van der Waals surface area contributed by atoms with E-state index in [0.29, 0.717) is 17.9 Å². The largest absolute Gasteiger partial charge is 0.505 e. The number of halogens is 1. The lowest BCUT2D eigenvalue weighted by molar-refractivity contribution is -0.117. The molecule has 34 heavy (non-hydrogen) atoms. The monoisotopic (exact) mass is 494 g/mol. The SMILES string of the molecule is CCCCCCCCCCOC1=C(C)C(=O)CC(C)C1C(=O)c1c(OC)cc(OC)c(Cl)c1O. The zero-order valence-corrected chi connectivity index (χ0v) is 21.9. The summed E-state index contributed by atoms with van der Waals surface area (Å²) in [6.45, 7) is 6.21. The number of phenols is 1. The number of ketones is 2. The van der Waals surface area contributed by atoms with Gasteiger partial charge in [-0.1, -0.05) is 70.4 Å². The lowest BCUT2D eigenvalue weighted by Gasteiger charge is -2.31. The minimum atomic E-state index is -0.712. The summed E-state index contributed by atoms with van der Waals surface area (Å²) >= 11 is 6.23. The Kier molecular flexibility index (Phi) is 11.2. The smallest absolute Gasteiger partial charge is 0.181 e. The number of carbonyl (C=O) groups excluding carboxylic acids is 2. The number of Topliss-reactive ketones (excluding diaryl/α,β-unsaturated/α-hetero) is 2. The van der Waals surface area contributed by atoms with Crippen LogP contribution in [0.5, 0.6) is 17.2 Å². The van der Waals surface area contributed by atoms with Crippen LogP contribution in [0.1, 0.15) is 88.9 Å². The van der Waals surface area contributed by atoms with Gasteiger partial charge >= 0.3 is 0 Å². The van der Waals surface area contributed by atoms with Crippen molar-refractivity contribution >= 4 is 23.2 Å². The quantitative estimate of drug-likeness (QED) is 0.223. The molecule has 2 unspecified atom stereocenters. The first-order chi connectivity index (χ1) is 16.3. The number of aromatic hydroxyl groups is 1. The second-order valence-corrected chi connectivity index (χ2v) is 9.46. The van der Waals surface area contributed by atoms with Crippen molar-refractivity contribution in [3.05, 3.63) is 28.0 Å². The molecule has 190 valence electrons. The third-order valence-electron chi connectivity index (χ3n) is 6.54. The van der Waals surface area contributed by atoms with Crippen LogP contribution in [0.2, 0.25) is 5.02 Å². The van der Waals surface area contributed by atoms with Crippen LogP contribution in [-0.4, -0.2) is 37.5 Å². The van der Waals surface area contributed by atoms with Crippen LogP contribution in [-0.2, 0) is 9.53 Å². The van der Waals surface area contributed by atoms with Crippen LogP contribution in [0.25, 0.3) is 0 Å². The van der Waals surface area contributed by atoms with Crippen LogP contribution >= 0.6 is 11.6 Å². The molecule has 1 N–H and O–H groups in total. The van der Waals surface area contributed by atoms with Gasteiger partial charge in [0, 0.05) is 18.1 Å². The van der Waals surface area contributed by atoms with Crippen molar-refractivity contribution < 1.29 is 28.9 Å². The lowest BCUT2D eigenvalue weighted by atomic mass is 9.76. The van der Waals surface area contributed by atoms with Gasteiger partial charge in [-0.3, -0.25) is 9.59 Å². The predicted octanol–water partition coefficient (Wildman–Crippen LogP) is 6.90. The summed E-state index contributed by atoms with van der Waals surface area (Å²) in [6.07, 6.45) is 9.59. The number of ether oxygens (including phenoxy) is 3. The van der Waals surface area contributed by atoms with Gasteiger partial charge in [0.25, 0.3) is 0 Å². The molecule has 0 heterocycles. The van der Waals surface area contributed by atoms with Gasteiger partial charge in [-0.05, 0) is 19.3 Å². The van der Waals surface area contributed by atoms with Crippen molar-refractivity contribution in [2.75, 3.05) is 20.8 Å². The fourth-order valence-corrected chi connectivity index (χ4v) is 4.71. The molecule has 0 radical (unpaired) electrons. The molecule has 2 atom stereocenters. The molecule has 1 aromatic carbocycles. The van der Waals surface area contributed by atoms with E-state index in [1.807, 2.05) is 6.92 Å². The average molecular weight is 495 g/mol. The number of phenolic OH excluding ortho intramolecular Hbond substituents is 1. The maximum absolute atomic E-state index is 13.7. The average Bonchev–Trinajstić information content (AvgIpc) is 2.82. The van der Waals surface area contributed by atoms with Crippen LogP contribution in [0.4, 0.5) is 0 Å². The minimum absolute atomic E-state index is 0.0218. The van der Waals surface area contributed by atoms with Crippen LogP contribution in [0.15, 0.2) is 17.4 Å². The van der Waals surface area contributed by atoms with Crippen LogP contribution in [0, 0.1) is 11.8 Å². The topological polar surface area (TPSA) is 82.1 Å². The highest BCUT2D eigenvalue weighted by atomic mass is 35.5. The second-order valence-electron chi connectivity index (χ2n) is 9.08. The van der Waals surface area contributed by atoms with Gasteiger partial charge in [0.2, 0.25) is 0 Å². The fourth-order valence-electron chi connectivity index (χ4n) is 4.49. The molecule has 0 spiro atoms. The van der Waals surface area contributed by atoms with Gasteiger partial charge < -0.3 is 19.3 Å². The summed E-state index contributed by atoms with van der Waals surface area (Å²) in [6, 6.07) is 1.48. The van der Waals surface area contributed by atoms with Gasteiger partial charge in [0.1, 0.15) is 27.8 Å². The summed E-state index contributed by atoms with van der Waals surface area (Å²) in [7, 11) is 2.83. The molecule has 0 saturated carbocycles. The van der Waals surface area contributed by atoms with Crippen molar-refractivity contribution in [3.63, 3.8) is 0 Å². The number of unbranched alkanes of at least 4 members (excludes halogenated alkanes) is 7. The Bertz CT molecular complexity index is 892. The first kappa shape index (κ1) is 28.0. The van der Waals surface area contributed by atoms with Crippen LogP contribution in [0.3, 0.4) is 0 Å². The summed E-state index contributed by atoms with van der Waals surface area (Å²) in [4.78, 5) is 26.3.